The molecule has 1 amide bonds. The van der Waals surface area contributed by atoms with Crippen LogP contribution in [-0.2, 0) is 11.3 Å². The second kappa shape index (κ2) is 6.69. The molecule has 1 aliphatic rings. The second-order valence-electron chi connectivity index (χ2n) is 5.88. The van der Waals surface area contributed by atoms with E-state index in [9.17, 15) is 4.79 Å². The molecule has 1 aromatic carbocycles. The summed E-state index contributed by atoms with van der Waals surface area (Å²) < 4.78 is 2.06. The highest BCUT2D eigenvalue weighted by atomic mass is 16.2. The fourth-order valence-electron chi connectivity index (χ4n) is 2.94. The molecule has 116 valence electrons. The fourth-order valence-corrected chi connectivity index (χ4v) is 2.94. The van der Waals surface area contributed by atoms with Crippen LogP contribution in [0.2, 0.25) is 0 Å². The van der Waals surface area contributed by atoms with Gasteiger partial charge in [-0.2, -0.15) is 0 Å². The molecule has 4 nitrogen and oxygen atoms in total. The van der Waals surface area contributed by atoms with Gasteiger partial charge in [0.25, 0.3) is 0 Å². The van der Waals surface area contributed by atoms with E-state index < -0.39 is 0 Å². The zero-order valence-corrected chi connectivity index (χ0v) is 13.1. The summed E-state index contributed by atoms with van der Waals surface area (Å²) >= 11 is 0. The number of aromatic nitrogens is 1. The molecule has 0 saturated carbocycles. The lowest BCUT2D eigenvalue weighted by atomic mass is 10.2. The molecule has 3 rings (SSSR count). The summed E-state index contributed by atoms with van der Waals surface area (Å²) in [6, 6.07) is 12.6. The Morgan fingerprint density at radius 2 is 1.77 bits per heavy atom. The maximum absolute atomic E-state index is 12.3. The predicted molar refractivity (Wildman–Crippen MR) is 89.0 cm³/mol. The maximum Gasteiger partial charge on any atom is 0.224 e. The summed E-state index contributed by atoms with van der Waals surface area (Å²) in [5.41, 5.74) is 2.54. The van der Waals surface area contributed by atoms with Crippen molar-refractivity contribution in [1.82, 2.24) is 9.47 Å². The van der Waals surface area contributed by atoms with E-state index in [4.69, 9.17) is 0 Å². The van der Waals surface area contributed by atoms with E-state index in [0.717, 1.165) is 32.7 Å². The molecule has 1 aromatic heterocycles. The Balaban J connectivity index is 1.49. The van der Waals surface area contributed by atoms with Crippen molar-refractivity contribution < 1.29 is 4.79 Å². The van der Waals surface area contributed by atoms with Crippen molar-refractivity contribution in [2.75, 3.05) is 31.1 Å². The van der Waals surface area contributed by atoms with Gasteiger partial charge in [-0.25, -0.2) is 0 Å². The molecular formula is C18H23N3O. The smallest absolute Gasteiger partial charge is 0.224 e. The number of piperazine rings is 1. The first-order valence-corrected chi connectivity index (χ1v) is 7.92. The van der Waals surface area contributed by atoms with Crippen LogP contribution in [0.25, 0.3) is 0 Å². The highest BCUT2D eigenvalue weighted by molar-refractivity contribution is 5.76. The number of benzene rings is 1. The highest BCUT2D eigenvalue weighted by Crippen LogP contribution is 2.18. The van der Waals surface area contributed by atoms with Crippen LogP contribution >= 0.6 is 0 Å². The summed E-state index contributed by atoms with van der Waals surface area (Å²) in [5.74, 6) is 0.262. The molecular weight excluding hydrogens is 274 g/mol. The monoisotopic (exact) mass is 297 g/mol. The first-order chi connectivity index (χ1) is 10.7. The molecule has 2 aromatic rings. The number of anilines is 1. The molecule has 1 aliphatic heterocycles. The summed E-state index contributed by atoms with van der Waals surface area (Å²) in [6.07, 6.45) is 4.59. The standard InChI is InChI=1S/C18H23N3O/c1-16-5-4-6-17(15-16)20-11-13-21(14-12-20)18(22)7-10-19-8-2-3-9-19/h2-6,8-9,15H,7,10-14H2,1H3. The molecule has 0 N–H and O–H groups in total. The number of hydrogen-bond acceptors (Lipinski definition) is 2. The van der Waals surface area contributed by atoms with E-state index in [0.29, 0.717) is 6.42 Å². The van der Waals surface area contributed by atoms with Gasteiger partial charge in [-0.1, -0.05) is 12.1 Å². The third-order valence-corrected chi connectivity index (χ3v) is 4.25. The molecule has 1 fully saturated rings. The van der Waals surface area contributed by atoms with E-state index >= 15 is 0 Å². The number of hydrogen-bond donors (Lipinski definition) is 0. The SMILES string of the molecule is Cc1cccc(N2CCN(C(=O)CCn3cccc3)CC2)c1. The third-order valence-electron chi connectivity index (χ3n) is 4.25. The molecule has 2 heterocycles. The van der Waals surface area contributed by atoms with Gasteiger partial charge in [0.1, 0.15) is 0 Å². The van der Waals surface area contributed by atoms with E-state index in [1.807, 2.05) is 29.4 Å². The van der Waals surface area contributed by atoms with Crippen molar-refractivity contribution >= 4 is 11.6 Å². The van der Waals surface area contributed by atoms with Gasteiger partial charge in [0, 0.05) is 57.2 Å². The minimum atomic E-state index is 0.262. The summed E-state index contributed by atoms with van der Waals surface area (Å²) in [7, 11) is 0. The Morgan fingerprint density at radius 1 is 1.05 bits per heavy atom. The quantitative estimate of drug-likeness (QED) is 0.867. The van der Waals surface area contributed by atoms with Crippen LogP contribution in [-0.4, -0.2) is 41.6 Å². The predicted octanol–water partition coefficient (Wildman–Crippen LogP) is 2.54. The zero-order valence-electron chi connectivity index (χ0n) is 13.1. The normalized spacial score (nSPS) is 15.1. The Morgan fingerprint density at radius 3 is 2.45 bits per heavy atom. The molecule has 0 radical (unpaired) electrons. The van der Waals surface area contributed by atoms with Crippen LogP contribution in [0.3, 0.4) is 0 Å². The van der Waals surface area contributed by atoms with E-state index in [1.165, 1.54) is 11.3 Å². The summed E-state index contributed by atoms with van der Waals surface area (Å²) in [4.78, 5) is 16.6. The number of amides is 1. The van der Waals surface area contributed by atoms with Crippen molar-refractivity contribution in [3.63, 3.8) is 0 Å². The van der Waals surface area contributed by atoms with Crippen molar-refractivity contribution in [2.24, 2.45) is 0 Å². The van der Waals surface area contributed by atoms with Crippen LogP contribution in [0, 0.1) is 6.92 Å². The average Bonchev–Trinajstić information content (AvgIpc) is 3.06. The van der Waals surface area contributed by atoms with E-state index in [2.05, 4.69) is 40.7 Å². The second-order valence-corrected chi connectivity index (χ2v) is 5.88. The van der Waals surface area contributed by atoms with Gasteiger partial charge >= 0.3 is 0 Å². The minimum Gasteiger partial charge on any atom is -0.368 e. The van der Waals surface area contributed by atoms with Crippen molar-refractivity contribution in [3.8, 4) is 0 Å². The van der Waals surface area contributed by atoms with Crippen LogP contribution < -0.4 is 4.90 Å². The number of carbonyl (C=O) groups excluding carboxylic acids is 1. The lowest BCUT2D eigenvalue weighted by Gasteiger charge is -2.36. The summed E-state index contributed by atoms with van der Waals surface area (Å²) in [6.45, 7) is 6.35. The summed E-state index contributed by atoms with van der Waals surface area (Å²) in [5, 5.41) is 0. The number of carbonyl (C=O) groups is 1. The van der Waals surface area contributed by atoms with Crippen LogP contribution in [0.15, 0.2) is 48.8 Å². The Bertz CT molecular complexity index is 613. The first-order valence-electron chi connectivity index (χ1n) is 7.92. The van der Waals surface area contributed by atoms with Gasteiger partial charge < -0.3 is 14.4 Å². The van der Waals surface area contributed by atoms with E-state index in [-0.39, 0.29) is 5.91 Å². The molecule has 0 bridgehead atoms. The van der Waals surface area contributed by atoms with Gasteiger partial charge in [0.05, 0.1) is 0 Å². The minimum absolute atomic E-state index is 0.262. The number of nitrogens with zero attached hydrogens (tertiary/aromatic N) is 3. The fraction of sp³-hybridized carbons (Fsp3) is 0.389. The Labute approximate surface area is 132 Å². The number of aryl methyl sites for hydroxylation is 2. The van der Waals surface area contributed by atoms with E-state index in [1.54, 1.807) is 0 Å². The van der Waals surface area contributed by atoms with Gasteiger partial charge in [-0.3, -0.25) is 4.79 Å². The Hall–Kier alpha value is -2.23. The first kappa shape index (κ1) is 14.7. The topological polar surface area (TPSA) is 28.5 Å². The number of rotatable bonds is 4. The molecule has 0 atom stereocenters. The lowest BCUT2D eigenvalue weighted by Crippen LogP contribution is -2.49. The van der Waals surface area contributed by atoms with Crippen molar-refractivity contribution in [2.45, 2.75) is 19.9 Å². The maximum atomic E-state index is 12.3. The van der Waals surface area contributed by atoms with Crippen LogP contribution in [0.5, 0.6) is 0 Å². The third kappa shape index (κ3) is 3.50. The van der Waals surface area contributed by atoms with Crippen molar-refractivity contribution in [1.29, 1.82) is 0 Å². The average molecular weight is 297 g/mol. The Kier molecular flexibility index (Phi) is 4.47. The van der Waals surface area contributed by atoms with Gasteiger partial charge in [0.2, 0.25) is 5.91 Å². The van der Waals surface area contributed by atoms with Crippen molar-refractivity contribution in [3.05, 3.63) is 54.4 Å². The molecule has 0 unspecified atom stereocenters. The largest absolute Gasteiger partial charge is 0.368 e. The van der Waals surface area contributed by atoms with Gasteiger partial charge in [-0.05, 0) is 36.8 Å². The zero-order chi connectivity index (χ0) is 15.4. The van der Waals surface area contributed by atoms with Gasteiger partial charge in [-0.15, -0.1) is 0 Å². The van der Waals surface area contributed by atoms with Crippen LogP contribution in [0.1, 0.15) is 12.0 Å². The highest BCUT2D eigenvalue weighted by Gasteiger charge is 2.20. The van der Waals surface area contributed by atoms with Gasteiger partial charge in [0.15, 0.2) is 0 Å². The van der Waals surface area contributed by atoms with Crippen LogP contribution in [0.4, 0.5) is 5.69 Å². The molecule has 0 spiro atoms. The molecule has 22 heavy (non-hydrogen) atoms. The molecule has 0 aliphatic carbocycles. The molecule has 4 heteroatoms. The molecule has 1 saturated heterocycles. The lowest BCUT2D eigenvalue weighted by molar-refractivity contribution is -0.131.